The van der Waals surface area contributed by atoms with Gasteiger partial charge in [0.15, 0.2) is 0 Å². The SMILES string of the molecule is N#Cc1ccc(C(F)F)nc1Br. The van der Waals surface area contributed by atoms with Gasteiger partial charge in [-0.25, -0.2) is 13.8 Å². The smallest absolute Gasteiger partial charge is 0.239 e. The van der Waals surface area contributed by atoms with Gasteiger partial charge < -0.3 is 0 Å². The number of nitriles is 1. The van der Waals surface area contributed by atoms with Crippen molar-refractivity contribution >= 4 is 15.9 Å². The van der Waals surface area contributed by atoms with Crippen LogP contribution in [0.4, 0.5) is 8.78 Å². The summed E-state index contributed by atoms with van der Waals surface area (Å²) >= 11 is 2.91. The Balaban J connectivity index is 3.12. The third kappa shape index (κ3) is 1.77. The molecule has 0 aliphatic heterocycles. The van der Waals surface area contributed by atoms with Gasteiger partial charge in [0.2, 0.25) is 0 Å². The molecule has 0 aromatic carbocycles. The molecule has 0 saturated heterocycles. The predicted molar refractivity (Wildman–Crippen MR) is 41.6 cm³/mol. The minimum absolute atomic E-state index is 0.155. The first-order valence-electron chi connectivity index (χ1n) is 3.00. The molecule has 0 bridgehead atoms. The highest BCUT2D eigenvalue weighted by molar-refractivity contribution is 9.10. The van der Waals surface area contributed by atoms with E-state index in [0.29, 0.717) is 0 Å². The topological polar surface area (TPSA) is 36.7 Å². The van der Waals surface area contributed by atoms with Crippen LogP contribution < -0.4 is 0 Å². The van der Waals surface area contributed by atoms with Gasteiger partial charge in [-0.15, -0.1) is 0 Å². The van der Waals surface area contributed by atoms with Crippen molar-refractivity contribution in [1.82, 2.24) is 4.98 Å². The van der Waals surface area contributed by atoms with Gasteiger partial charge in [-0.3, -0.25) is 0 Å². The Labute approximate surface area is 76.0 Å². The molecule has 0 aliphatic rings. The van der Waals surface area contributed by atoms with Gasteiger partial charge >= 0.3 is 0 Å². The van der Waals surface area contributed by atoms with E-state index in [0.717, 1.165) is 6.07 Å². The first-order chi connectivity index (χ1) is 5.65. The van der Waals surface area contributed by atoms with Crippen LogP contribution in [-0.2, 0) is 0 Å². The van der Waals surface area contributed by atoms with E-state index in [2.05, 4.69) is 20.9 Å². The molecule has 0 spiro atoms. The highest BCUT2D eigenvalue weighted by Crippen LogP contribution is 2.20. The molecule has 0 amide bonds. The summed E-state index contributed by atoms with van der Waals surface area (Å²) in [6, 6.07) is 4.24. The number of hydrogen-bond donors (Lipinski definition) is 0. The van der Waals surface area contributed by atoms with Crippen LogP contribution >= 0.6 is 15.9 Å². The van der Waals surface area contributed by atoms with Gasteiger partial charge in [-0.05, 0) is 28.1 Å². The highest BCUT2D eigenvalue weighted by Gasteiger charge is 2.10. The normalized spacial score (nSPS) is 9.92. The van der Waals surface area contributed by atoms with E-state index in [1.165, 1.54) is 6.07 Å². The Kier molecular flexibility index (Phi) is 2.71. The largest absolute Gasteiger partial charge is 0.280 e. The van der Waals surface area contributed by atoms with Crippen LogP contribution in [0.15, 0.2) is 16.7 Å². The Morgan fingerprint density at radius 2 is 2.17 bits per heavy atom. The van der Waals surface area contributed by atoms with Gasteiger partial charge in [0.1, 0.15) is 16.4 Å². The van der Waals surface area contributed by atoms with E-state index in [1.54, 1.807) is 0 Å². The van der Waals surface area contributed by atoms with Crippen LogP contribution in [0.1, 0.15) is 17.7 Å². The number of rotatable bonds is 1. The number of pyridine rings is 1. The molecular weight excluding hydrogens is 230 g/mol. The lowest BCUT2D eigenvalue weighted by Crippen LogP contribution is -1.92. The van der Waals surface area contributed by atoms with Gasteiger partial charge in [0.05, 0.1) is 5.56 Å². The molecular formula is C7H3BrF2N2. The lowest BCUT2D eigenvalue weighted by molar-refractivity contribution is 0.146. The Hall–Kier alpha value is -1.02. The second-order valence-corrected chi connectivity index (χ2v) is 2.74. The quantitative estimate of drug-likeness (QED) is 0.699. The van der Waals surface area contributed by atoms with E-state index in [1.807, 2.05) is 6.07 Å². The lowest BCUT2D eigenvalue weighted by atomic mass is 10.3. The van der Waals surface area contributed by atoms with Crippen LogP contribution in [0.25, 0.3) is 0 Å². The molecule has 12 heavy (non-hydrogen) atoms. The highest BCUT2D eigenvalue weighted by atomic mass is 79.9. The molecule has 0 unspecified atom stereocenters. The van der Waals surface area contributed by atoms with Crippen LogP contribution in [0, 0.1) is 11.3 Å². The van der Waals surface area contributed by atoms with Crippen molar-refractivity contribution in [2.75, 3.05) is 0 Å². The zero-order valence-electron chi connectivity index (χ0n) is 5.76. The predicted octanol–water partition coefficient (Wildman–Crippen LogP) is 2.65. The van der Waals surface area contributed by atoms with Crippen molar-refractivity contribution < 1.29 is 8.78 Å². The second kappa shape index (κ2) is 3.59. The Morgan fingerprint density at radius 1 is 1.50 bits per heavy atom. The van der Waals surface area contributed by atoms with Crippen molar-refractivity contribution in [3.8, 4) is 6.07 Å². The number of aromatic nitrogens is 1. The fourth-order valence-electron chi connectivity index (χ4n) is 0.653. The lowest BCUT2D eigenvalue weighted by Gasteiger charge is -1.99. The molecule has 2 nitrogen and oxygen atoms in total. The van der Waals surface area contributed by atoms with E-state index in [4.69, 9.17) is 5.26 Å². The summed E-state index contributed by atoms with van der Waals surface area (Å²) in [6.45, 7) is 0. The van der Waals surface area contributed by atoms with Crippen molar-refractivity contribution in [3.05, 3.63) is 28.0 Å². The standard InChI is InChI=1S/C7H3BrF2N2/c8-6-4(3-11)1-2-5(12-6)7(9)10/h1-2,7H. The van der Waals surface area contributed by atoms with Gasteiger partial charge in [-0.2, -0.15) is 5.26 Å². The first-order valence-corrected chi connectivity index (χ1v) is 3.79. The second-order valence-electron chi connectivity index (χ2n) is 1.99. The summed E-state index contributed by atoms with van der Waals surface area (Å²) in [5.74, 6) is 0. The summed E-state index contributed by atoms with van der Waals surface area (Å²) in [5.41, 5.74) is -0.0831. The summed E-state index contributed by atoms with van der Waals surface area (Å²) in [7, 11) is 0. The number of hydrogen-bond acceptors (Lipinski definition) is 2. The summed E-state index contributed by atoms with van der Waals surface area (Å²) in [5, 5.41) is 8.44. The number of nitrogens with zero attached hydrogens (tertiary/aromatic N) is 2. The molecule has 0 radical (unpaired) electrons. The van der Waals surface area contributed by atoms with Crippen LogP contribution in [-0.4, -0.2) is 4.98 Å². The molecule has 1 aromatic heterocycles. The third-order valence-electron chi connectivity index (χ3n) is 1.21. The maximum atomic E-state index is 12.0. The molecule has 1 aromatic rings. The summed E-state index contributed by atoms with van der Waals surface area (Å²) in [4.78, 5) is 3.49. The average Bonchev–Trinajstić information content (AvgIpc) is 2.04. The van der Waals surface area contributed by atoms with Crippen molar-refractivity contribution in [2.45, 2.75) is 6.43 Å². The molecule has 0 atom stereocenters. The number of halogens is 3. The maximum Gasteiger partial charge on any atom is 0.280 e. The molecule has 5 heteroatoms. The third-order valence-corrected chi connectivity index (χ3v) is 1.82. The summed E-state index contributed by atoms with van der Waals surface area (Å²) in [6.07, 6.45) is -2.60. The van der Waals surface area contributed by atoms with Crippen LogP contribution in [0.2, 0.25) is 0 Å². The van der Waals surface area contributed by atoms with Gasteiger partial charge in [-0.1, -0.05) is 0 Å². The maximum absolute atomic E-state index is 12.0. The zero-order valence-corrected chi connectivity index (χ0v) is 7.35. The zero-order chi connectivity index (χ0) is 9.14. The average molecular weight is 233 g/mol. The summed E-state index contributed by atoms with van der Waals surface area (Å²) < 4.78 is 24.2. The minimum Gasteiger partial charge on any atom is -0.239 e. The molecule has 0 saturated carbocycles. The Morgan fingerprint density at radius 3 is 2.58 bits per heavy atom. The first kappa shape index (κ1) is 9.07. The fraction of sp³-hybridized carbons (Fsp3) is 0.143. The minimum atomic E-state index is -2.60. The van der Waals surface area contributed by atoms with Crippen LogP contribution in [0.3, 0.4) is 0 Å². The van der Waals surface area contributed by atoms with E-state index in [-0.39, 0.29) is 15.9 Å². The van der Waals surface area contributed by atoms with Gasteiger partial charge in [0, 0.05) is 0 Å². The van der Waals surface area contributed by atoms with Gasteiger partial charge in [0.25, 0.3) is 6.43 Å². The Bertz CT molecular complexity index is 333. The van der Waals surface area contributed by atoms with Crippen LogP contribution in [0.5, 0.6) is 0 Å². The molecule has 1 rings (SSSR count). The van der Waals surface area contributed by atoms with Crippen molar-refractivity contribution in [1.29, 1.82) is 5.26 Å². The van der Waals surface area contributed by atoms with Crippen molar-refractivity contribution in [2.24, 2.45) is 0 Å². The van der Waals surface area contributed by atoms with E-state index in [9.17, 15) is 8.78 Å². The van der Waals surface area contributed by atoms with Crippen molar-refractivity contribution in [3.63, 3.8) is 0 Å². The molecule has 0 N–H and O–H groups in total. The monoisotopic (exact) mass is 232 g/mol. The van der Waals surface area contributed by atoms with E-state index < -0.39 is 6.43 Å². The fourth-order valence-corrected chi connectivity index (χ4v) is 1.08. The molecule has 62 valence electrons. The molecule has 0 fully saturated rings. The van der Waals surface area contributed by atoms with E-state index >= 15 is 0 Å². The molecule has 0 aliphatic carbocycles. The number of alkyl halides is 2. The molecule has 1 heterocycles.